The lowest BCUT2D eigenvalue weighted by Crippen LogP contribution is -2.22. The van der Waals surface area contributed by atoms with Gasteiger partial charge in [-0.3, -0.25) is 0 Å². The molecule has 1 aromatic heterocycles. The molecular formula is C23H25NO2S. The minimum absolute atomic E-state index is 0.159. The number of nitrogens with one attached hydrogen (secondary N) is 1. The number of aromatic carboxylic acids is 1. The summed E-state index contributed by atoms with van der Waals surface area (Å²) in [6.45, 7) is 5.19. The molecule has 1 aliphatic rings. The van der Waals surface area contributed by atoms with E-state index in [0.29, 0.717) is 12.1 Å². The van der Waals surface area contributed by atoms with Crippen molar-refractivity contribution in [2.24, 2.45) is 5.41 Å². The Morgan fingerprint density at radius 2 is 2.00 bits per heavy atom. The van der Waals surface area contributed by atoms with E-state index in [9.17, 15) is 9.90 Å². The number of carbonyl (C=O) groups is 1. The maximum atomic E-state index is 12.3. The first kappa shape index (κ1) is 18.2. The lowest BCUT2D eigenvalue weighted by atomic mass is 9.75. The van der Waals surface area contributed by atoms with Crippen LogP contribution in [-0.4, -0.2) is 18.1 Å². The molecule has 0 radical (unpaired) electrons. The molecule has 2 N–H and O–H groups in total. The highest BCUT2D eigenvalue weighted by molar-refractivity contribution is 7.16. The van der Waals surface area contributed by atoms with Crippen molar-refractivity contribution in [1.82, 2.24) is 5.32 Å². The Bertz CT molecular complexity index is 1030. The second-order valence-corrected chi connectivity index (χ2v) is 9.30. The summed E-state index contributed by atoms with van der Waals surface area (Å²) in [5, 5.41) is 15.7. The summed E-state index contributed by atoms with van der Waals surface area (Å²) in [6, 6.07) is 12.5. The van der Waals surface area contributed by atoms with E-state index in [1.54, 1.807) is 11.3 Å². The van der Waals surface area contributed by atoms with E-state index < -0.39 is 5.97 Å². The average molecular weight is 380 g/mol. The van der Waals surface area contributed by atoms with E-state index in [1.165, 1.54) is 21.2 Å². The van der Waals surface area contributed by atoms with Gasteiger partial charge in [0.15, 0.2) is 0 Å². The van der Waals surface area contributed by atoms with E-state index in [4.69, 9.17) is 0 Å². The lowest BCUT2D eigenvalue weighted by molar-refractivity contribution is 0.0696. The molecule has 0 aliphatic heterocycles. The molecule has 27 heavy (non-hydrogen) atoms. The number of hydrogen-bond acceptors (Lipinski definition) is 3. The molecule has 0 amide bonds. The van der Waals surface area contributed by atoms with Gasteiger partial charge in [0.1, 0.15) is 0 Å². The molecule has 4 heteroatoms. The van der Waals surface area contributed by atoms with E-state index in [2.05, 4.69) is 43.4 Å². The molecule has 0 spiro atoms. The highest BCUT2D eigenvalue weighted by atomic mass is 32.1. The predicted octanol–water partition coefficient (Wildman–Crippen LogP) is 5.50. The van der Waals surface area contributed by atoms with Gasteiger partial charge in [-0.15, -0.1) is 11.3 Å². The van der Waals surface area contributed by atoms with Gasteiger partial charge < -0.3 is 10.4 Å². The lowest BCUT2D eigenvalue weighted by Gasteiger charge is -2.29. The molecule has 2 aromatic carbocycles. The summed E-state index contributed by atoms with van der Waals surface area (Å²) in [5.41, 5.74) is 3.97. The summed E-state index contributed by atoms with van der Waals surface area (Å²) in [7, 11) is 1.94. The Kier molecular flexibility index (Phi) is 4.57. The zero-order valence-corrected chi connectivity index (χ0v) is 16.9. The highest BCUT2D eigenvalue weighted by Gasteiger charge is 2.33. The fourth-order valence-corrected chi connectivity index (χ4v) is 5.61. The van der Waals surface area contributed by atoms with Crippen LogP contribution in [0.15, 0.2) is 36.4 Å². The van der Waals surface area contributed by atoms with E-state index in [-0.39, 0.29) is 5.41 Å². The summed E-state index contributed by atoms with van der Waals surface area (Å²) in [5.74, 6) is -0.802. The fraction of sp³-hybridized carbons (Fsp3) is 0.348. The molecule has 1 aliphatic carbocycles. The number of benzene rings is 2. The van der Waals surface area contributed by atoms with Crippen molar-refractivity contribution >= 4 is 28.1 Å². The maximum absolute atomic E-state index is 12.3. The third-order valence-electron chi connectivity index (χ3n) is 5.63. The van der Waals surface area contributed by atoms with Gasteiger partial charge in [-0.25, -0.2) is 4.79 Å². The molecule has 0 fully saturated rings. The van der Waals surface area contributed by atoms with Crippen LogP contribution in [0.4, 0.5) is 0 Å². The van der Waals surface area contributed by atoms with Crippen molar-refractivity contribution in [1.29, 1.82) is 0 Å². The fourth-order valence-electron chi connectivity index (χ4n) is 4.25. The molecule has 0 bridgehead atoms. The molecule has 0 unspecified atom stereocenters. The third-order valence-corrected chi connectivity index (χ3v) is 6.95. The minimum atomic E-state index is -0.802. The van der Waals surface area contributed by atoms with Crippen molar-refractivity contribution < 1.29 is 9.90 Å². The first-order valence-electron chi connectivity index (χ1n) is 9.45. The first-order valence-corrected chi connectivity index (χ1v) is 10.3. The Balaban J connectivity index is 1.98. The van der Waals surface area contributed by atoms with Crippen molar-refractivity contribution in [3.8, 4) is 10.4 Å². The Hall–Kier alpha value is -2.17. The van der Waals surface area contributed by atoms with E-state index >= 15 is 0 Å². The van der Waals surface area contributed by atoms with E-state index in [0.717, 1.165) is 35.3 Å². The normalized spacial score (nSPS) is 15.7. The SMILES string of the molecule is CNCc1c(-c2sc3c(c2C(=O)O)CC(C)(C)CC3)ccc2ccccc12. The van der Waals surface area contributed by atoms with Crippen LogP contribution in [-0.2, 0) is 19.4 Å². The minimum Gasteiger partial charge on any atom is -0.478 e. The van der Waals surface area contributed by atoms with Crippen LogP contribution in [0.1, 0.15) is 46.6 Å². The number of hydrogen-bond donors (Lipinski definition) is 2. The van der Waals surface area contributed by atoms with Gasteiger partial charge in [0.25, 0.3) is 0 Å². The van der Waals surface area contributed by atoms with Crippen LogP contribution < -0.4 is 5.32 Å². The number of thiophene rings is 1. The molecule has 4 rings (SSSR count). The summed E-state index contributed by atoms with van der Waals surface area (Å²) in [6.07, 6.45) is 2.93. The van der Waals surface area contributed by atoms with Gasteiger partial charge in [0.2, 0.25) is 0 Å². The van der Waals surface area contributed by atoms with Gasteiger partial charge in [-0.1, -0.05) is 50.2 Å². The molecule has 0 saturated heterocycles. The quantitative estimate of drug-likeness (QED) is 0.629. The molecule has 1 heterocycles. The monoisotopic (exact) mass is 379 g/mol. The van der Waals surface area contributed by atoms with Crippen molar-refractivity contribution in [2.75, 3.05) is 7.05 Å². The van der Waals surface area contributed by atoms with Gasteiger partial charge in [0, 0.05) is 16.3 Å². The molecule has 140 valence electrons. The zero-order chi connectivity index (χ0) is 19.2. The molecule has 0 saturated carbocycles. The number of carboxylic acid groups (broad SMARTS) is 1. The Labute approximate surface area is 164 Å². The van der Waals surface area contributed by atoms with Crippen molar-refractivity contribution in [3.63, 3.8) is 0 Å². The Morgan fingerprint density at radius 3 is 2.74 bits per heavy atom. The zero-order valence-electron chi connectivity index (χ0n) is 16.1. The van der Waals surface area contributed by atoms with Crippen LogP contribution in [0.25, 0.3) is 21.2 Å². The predicted molar refractivity (Wildman–Crippen MR) is 113 cm³/mol. The number of aryl methyl sites for hydroxylation is 1. The molecule has 3 aromatic rings. The maximum Gasteiger partial charge on any atom is 0.337 e. The molecule has 0 atom stereocenters. The second kappa shape index (κ2) is 6.77. The smallest absolute Gasteiger partial charge is 0.337 e. The number of carboxylic acids is 1. The molecule has 3 nitrogen and oxygen atoms in total. The van der Waals surface area contributed by atoms with Crippen LogP contribution in [0.2, 0.25) is 0 Å². The highest BCUT2D eigenvalue weighted by Crippen LogP contribution is 2.46. The van der Waals surface area contributed by atoms with Gasteiger partial charge in [0.05, 0.1) is 5.56 Å². The standard InChI is InChI=1S/C23H25NO2S/c1-23(2)11-10-19-17(12-23)20(22(25)26)21(27-19)16-9-8-14-6-4-5-7-15(14)18(16)13-24-3/h4-9,24H,10-13H2,1-3H3,(H,25,26). The second-order valence-electron chi connectivity index (χ2n) is 8.20. The third kappa shape index (κ3) is 3.17. The van der Waals surface area contributed by atoms with Gasteiger partial charge >= 0.3 is 5.97 Å². The largest absolute Gasteiger partial charge is 0.478 e. The van der Waals surface area contributed by atoms with Gasteiger partial charge in [-0.2, -0.15) is 0 Å². The average Bonchev–Trinajstić information content (AvgIpc) is 2.99. The summed E-state index contributed by atoms with van der Waals surface area (Å²) < 4.78 is 0. The topological polar surface area (TPSA) is 49.3 Å². The van der Waals surface area contributed by atoms with Crippen LogP contribution >= 0.6 is 11.3 Å². The molecular weight excluding hydrogens is 354 g/mol. The van der Waals surface area contributed by atoms with Crippen LogP contribution in [0.5, 0.6) is 0 Å². The van der Waals surface area contributed by atoms with E-state index in [1.807, 2.05) is 19.2 Å². The van der Waals surface area contributed by atoms with Crippen LogP contribution in [0.3, 0.4) is 0 Å². The summed E-state index contributed by atoms with van der Waals surface area (Å²) in [4.78, 5) is 14.4. The Morgan fingerprint density at radius 1 is 1.22 bits per heavy atom. The van der Waals surface area contributed by atoms with Crippen molar-refractivity contribution in [3.05, 3.63) is 58.0 Å². The summed E-state index contributed by atoms with van der Waals surface area (Å²) >= 11 is 1.68. The van der Waals surface area contributed by atoms with Crippen molar-refractivity contribution in [2.45, 2.75) is 39.7 Å². The first-order chi connectivity index (χ1) is 12.9. The van der Waals surface area contributed by atoms with Crippen LogP contribution in [0, 0.1) is 5.41 Å². The number of rotatable bonds is 4. The van der Waals surface area contributed by atoms with Gasteiger partial charge in [-0.05, 0) is 59.2 Å². The number of fused-ring (bicyclic) bond motifs is 2.